The normalized spacial score (nSPS) is 14.2. The molecular formula is C24H27N3O5S. The van der Waals surface area contributed by atoms with Gasteiger partial charge in [-0.05, 0) is 49.9 Å². The first-order valence-corrected chi connectivity index (χ1v) is 12.1. The lowest BCUT2D eigenvalue weighted by molar-refractivity contribution is -0.117. The summed E-state index contributed by atoms with van der Waals surface area (Å²) in [6.45, 7) is 1.89. The average Bonchev–Trinajstić information content (AvgIpc) is 3.24. The number of benzene rings is 1. The number of aromatic nitrogens is 2. The molecule has 3 aromatic rings. The maximum absolute atomic E-state index is 13.4. The van der Waals surface area contributed by atoms with E-state index in [1.807, 2.05) is 0 Å². The molecule has 1 amide bonds. The number of anilines is 1. The van der Waals surface area contributed by atoms with Gasteiger partial charge in [0.2, 0.25) is 5.91 Å². The summed E-state index contributed by atoms with van der Waals surface area (Å²) in [5.74, 6) is 0.264. The van der Waals surface area contributed by atoms with E-state index in [0.29, 0.717) is 34.2 Å². The number of hydrogen-bond donors (Lipinski definition) is 1. The van der Waals surface area contributed by atoms with Gasteiger partial charge in [-0.25, -0.2) is 4.79 Å². The van der Waals surface area contributed by atoms with E-state index in [1.165, 1.54) is 17.8 Å². The van der Waals surface area contributed by atoms with E-state index < -0.39 is 11.5 Å². The van der Waals surface area contributed by atoms with Crippen molar-refractivity contribution in [1.29, 1.82) is 0 Å². The Morgan fingerprint density at radius 1 is 1.18 bits per heavy atom. The maximum atomic E-state index is 13.4. The minimum atomic E-state index is -0.623. The second-order valence-electron chi connectivity index (χ2n) is 8.09. The smallest absolute Gasteiger partial charge is 0.359 e. The number of thiophene rings is 1. The third-order valence-electron chi connectivity index (χ3n) is 5.89. The van der Waals surface area contributed by atoms with Gasteiger partial charge in [0.05, 0.1) is 24.8 Å². The molecule has 2 aromatic heterocycles. The number of nitrogens with zero attached hydrogens (tertiary/aromatic N) is 2. The zero-order chi connectivity index (χ0) is 23.4. The van der Waals surface area contributed by atoms with Gasteiger partial charge in [-0.3, -0.25) is 9.59 Å². The van der Waals surface area contributed by atoms with E-state index in [0.717, 1.165) is 30.4 Å². The van der Waals surface area contributed by atoms with Crippen molar-refractivity contribution < 1.29 is 19.1 Å². The average molecular weight is 470 g/mol. The molecular weight excluding hydrogens is 442 g/mol. The topological polar surface area (TPSA) is 99.5 Å². The Hall–Kier alpha value is -3.20. The van der Waals surface area contributed by atoms with Gasteiger partial charge in [-0.1, -0.05) is 19.3 Å². The van der Waals surface area contributed by atoms with Gasteiger partial charge in [-0.15, -0.1) is 11.3 Å². The van der Waals surface area contributed by atoms with Crippen LogP contribution in [-0.2, 0) is 9.53 Å². The van der Waals surface area contributed by atoms with Crippen molar-refractivity contribution in [3.8, 4) is 11.4 Å². The fourth-order valence-corrected chi connectivity index (χ4v) is 5.17. The predicted molar refractivity (Wildman–Crippen MR) is 128 cm³/mol. The van der Waals surface area contributed by atoms with Crippen molar-refractivity contribution >= 4 is 39.0 Å². The fraction of sp³-hybridized carbons (Fsp3) is 0.417. The van der Waals surface area contributed by atoms with E-state index in [1.54, 1.807) is 43.7 Å². The summed E-state index contributed by atoms with van der Waals surface area (Å²) in [6, 6.07) is 6.78. The second-order valence-corrected chi connectivity index (χ2v) is 8.97. The van der Waals surface area contributed by atoms with Crippen LogP contribution in [0.1, 0.15) is 55.9 Å². The van der Waals surface area contributed by atoms with Crippen LogP contribution in [-0.4, -0.2) is 35.4 Å². The third-order valence-corrected chi connectivity index (χ3v) is 6.79. The van der Waals surface area contributed by atoms with Crippen LogP contribution >= 0.6 is 11.3 Å². The van der Waals surface area contributed by atoms with Crippen LogP contribution in [0.2, 0.25) is 0 Å². The Morgan fingerprint density at radius 2 is 1.91 bits per heavy atom. The zero-order valence-corrected chi connectivity index (χ0v) is 19.6. The van der Waals surface area contributed by atoms with Crippen molar-refractivity contribution in [2.24, 2.45) is 5.92 Å². The Labute approximate surface area is 195 Å². The van der Waals surface area contributed by atoms with Crippen molar-refractivity contribution in [2.45, 2.75) is 45.4 Å². The number of carbonyl (C=O) groups is 2. The number of nitrogens with one attached hydrogen (secondary N) is 1. The number of methoxy groups -OCH3 is 1. The highest BCUT2D eigenvalue weighted by atomic mass is 32.1. The minimum Gasteiger partial charge on any atom is -0.497 e. The highest BCUT2D eigenvalue weighted by Crippen LogP contribution is 2.32. The van der Waals surface area contributed by atoms with E-state index in [9.17, 15) is 14.4 Å². The number of fused-ring (bicyclic) bond motifs is 1. The summed E-state index contributed by atoms with van der Waals surface area (Å²) < 4.78 is 11.5. The van der Waals surface area contributed by atoms with Gasteiger partial charge in [0.15, 0.2) is 5.69 Å². The van der Waals surface area contributed by atoms with Crippen molar-refractivity contribution in [1.82, 2.24) is 9.78 Å². The molecule has 0 radical (unpaired) electrons. The van der Waals surface area contributed by atoms with Crippen LogP contribution in [0.3, 0.4) is 0 Å². The molecule has 0 unspecified atom stereocenters. The second kappa shape index (κ2) is 10.2. The molecule has 9 heteroatoms. The number of carbonyl (C=O) groups excluding carboxylic acids is 2. The number of ether oxygens (including phenoxy) is 2. The molecule has 0 saturated heterocycles. The predicted octanol–water partition coefficient (Wildman–Crippen LogP) is 4.54. The summed E-state index contributed by atoms with van der Waals surface area (Å²) in [7, 11) is 1.55. The van der Waals surface area contributed by atoms with Gasteiger partial charge in [0.1, 0.15) is 10.8 Å². The van der Waals surface area contributed by atoms with Gasteiger partial charge >= 0.3 is 5.97 Å². The molecule has 1 saturated carbocycles. The molecule has 33 heavy (non-hydrogen) atoms. The Balaban J connectivity index is 1.75. The van der Waals surface area contributed by atoms with Gasteiger partial charge in [0, 0.05) is 17.2 Å². The van der Waals surface area contributed by atoms with Crippen molar-refractivity contribution in [3.05, 3.63) is 45.7 Å². The lowest BCUT2D eigenvalue weighted by atomic mass is 9.87. The van der Waals surface area contributed by atoms with E-state index in [2.05, 4.69) is 10.4 Å². The molecule has 0 spiro atoms. The molecule has 4 rings (SSSR count). The lowest BCUT2D eigenvalue weighted by Crippen LogP contribution is -2.26. The monoisotopic (exact) mass is 469 g/mol. The molecule has 8 nitrogen and oxygen atoms in total. The summed E-state index contributed by atoms with van der Waals surface area (Å²) in [5.41, 5.74) is 0.0858. The zero-order valence-electron chi connectivity index (χ0n) is 18.8. The van der Waals surface area contributed by atoms with E-state index in [-0.39, 0.29) is 23.6 Å². The highest BCUT2D eigenvalue weighted by Gasteiger charge is 2.24. The first-order chi connectivity index (χ1) is 16.0. The Kier molecular flexibility index (Phi) is 7.08. The molecule has 1 aromatic carbocycles. The van der Waals surface area contributed by atoms with Crippen LogP contribution in [0.5, 0.6) is 5.75 Å². The number of hydrogen-bond acceptors (Lipinski definition) is 7. The third kappa shape index (κ3) is 4.93. The molecule has 1 N–H and O–H groups in total. The minimum absolute atomic E-state index is 0.0336. The van der Waals surface area contributed by atoms with Crippen LogP contribution in [0.25, 0.3) is 16.5 Å². The summed E-state index contributed by atoms with van der Waals surface area (Å²) in [5, 5.41) is 9.95. The Morgan fingerprint density at radius 3 is 2.58 bits per heavy atom. The summed E-state index contributed by atoms with van der Waals surface area (Å²) in [4.78, 5) is 38.8. The number of rotatable bonds is 7. The molecule has 0 atom stereocenters. The van der Waals surface area contributed by atoms with Gasteiger partial charge in [-0.2, -0.15) is 9.78 Å². The molecule has 174 valence electrons. The molecule has 1 aliphatic rings. The summed E-state index contributed by atoms with van der Waals surface area (Å²) >= 11 is 1.21. The van der Waals surface area contributed by atoms with Crippen molar-refractivity contribution in [3.63, 3.8) is 0 Å². The van der Waals surface area contributed by atoms with Crippen LogP contribution < -0.4 is 15.6 Å². The van der Waals surface area contributed by atoms with Crippen LogP contribution in [0.4, 0.5) is 5.00 Å². The lowest BCUT2D eigenvalue weighted by Gasteiger charge is -2.20. The van der Waals surface area contributed by atoms with Crippen molar-refractivity contribution in [2.75, 3.05) is 19.0 Å². The van der Waals surface area contributed by atoms with Crippen LogP contribution in [0.15, 0.2) is 34.4 Å². The largest absolute Gasteiger partial charge is 0.497 e. The first-order valence-electron chi connectivity index (χ1n) is 11.2. The Bertz CT molecular complexity index is 1210. The SMILES string of the molecule is CCOC(=O)c1nn(-c2ccc(OC)cc2)c(=O)c2c(NC(=O)CC3CCCCC3)scc12. The molecule has 2 heterocycles. The molecule has 1 fully saturated rings. The van der Waals surface area contributed by atoms with Gasteiger partial charge < -0.3 is 14.8 Å². The quantitative estimate of drug-likeness (QED) is 0.510. The molecule has 0 aliphatic heterocycles. The van der Waals surface area contributed by atoms with Gasteiger partial charge in [0.25, 0.3) is 5.56 Å². The standard InChI is InChI=1S/C24H27N3O5S/c1-3-32-24(30)21-18-14-33-22(25-19(28)13-15-7-5-4-6-8-15)20(18)23(29)27(26-21)16-9-11-17(31-2)12-10-16/h9-12,14-15H,3-8,13H2,1-2H3,(H,25,28). The maximum Gasteiger partial charge on any atom is 0.359 e. The van der Waals surface area contributed by atoms with Crippen LogP contribution in [0, 0.1) is 5.92 Å². The summed E-state index contributed by atoms with van der Waals surface area (Å²) in [6.07, 6.45) is 6.08. The van der Waals surface area contributed by atoms with E-state index in [4.69, 9.17) is 9.47 Å². The molecule has 1 aliphatic carbocycles. The number of amides is 1. The molecule has 0 bridgehead atoms. The van der Waals surface area contributed by atoms with E-state index >= 15 is 0 Å². The highest BCUT2D eigenvalue weighted by molar-refractivity contribution is 7.16. The number of esters is 1. The first kappa shape index (κ1) is 23.0. The fourth-order valence-electron chi connectivity index (χ4n) is 4.22.